The van der Waals surface area contributed by atoms with E-state index in [2.05, 4.69) is 0 Å². The number of ether oxygens (including phenoxy) is 5. The van der Waals surface area contributed by atoms with E-state index in [-0.39, 0.29) is 12.4 Å². The quantitative estimate of drug-likeness (QED) is 0.524. The van der Waals surface area contributed by atoms with Crippen LogP contribution in [-0.2, 0) is 42.9 Å². The first-order valence-electron chi connectivity index (χ1n) is 9.18. The molecule has 164 valence electrons. The summed E-state index contributed by atoms with van der Waals surface area (Å²) in [6, 6.07) is 6.00. The van der Waals surface area contributed by atoms with Gasteiger partial charge >= 0.3 is 23.9 Å². The van der Waals surface area contributed by atoms with Gasteiger partial charge in [-0.3, -0.25) is 19.2 Å². The summed E-state index contributed by atoms with van der Waals surface area (Å²) in [4.78, 5) is 46.5. The van der Waals surface area contributed by atoms with Crippen LogP contribution in [0.5, 0.6) is 5.75 Å². The van der Waals surface area contributed by atoms with E-state index < -0.39 is 54.4 Å². The molecule has 1 aromatic carbocycles. The van der Waals surface area contributed by atoms with Crippen molar-refractivity contribution in [3.05, 3.63) is 29.8 Å². The van der Waals surface area contributed by atoms with Gasteiger partial charge in [0.2, 0.25) is 0 Å². The van der Waals surface area contributed by atoms with E-state index in [0.29, 0.717) is 5.56 Å². The Labute approximate surface area is 173 Å². The molecule has 1 saturated heterocycles. The van der Waals surface area contributed by atoms with Gasteiger partial charge in [0.05, 0.1) is 0 Å². The van der Waals surface area contributed by atoms with Crippen molar-refractivity contribution in [3.63, 3.8) is 0 Å². The lowest BCUT2D eigenvalue weighted by Gasteiger charge is -2.44. The number of carbonyl (C=O) groups excluding carboxylic acids is 4. The van der Waals surface area contributed by atoms with Gasteiger partial charge in [-0.05, 0) is 17.7 Å². The van der Waals surface area contributed by atoms with Gasteiger partial charge in [-0.2, -0.15) is 0 Å². The number of benzene rings is 1. The number of hydrogen-bond acceptors (Lipinski definition) is 10. The van der Waals surface area contributed by atoms with Crippen LogP contribution in [0.2, 0.25) is 0 Å². The minimum absolute atomic E-state index is 0.0691. The van der Waals surface area contributed by atoms with Crippen LogP contribution in [-0.4, -0.2) is 60.0 Å². The molecule has 0 saturated carbocycles. The lowest BCUT2D eigenvalue weighted by atomic mass is 9.90. The maximum atomic E-state index is 11.8. The molecule has 2 rings (SSSR count). The highest BCUT2D eigenvalue weighted by atomic mass is 16.7. The normalized spacial score (nSPS) is 25.7. The van der Waals surface area contributed by atoms with Crippen molar-refractivity contribution in [1.29, 1.82) is 0 Å². The number of carbonyl (C=O) groups is 4. The molecule has 0 amide bonds. The molecule has 0 spiro atoms. The van der Waals surface area contributed by atoms with Crippen LogP contribution in [0, 0.1) is 0 Å². The van der Waals surface area contributed by atoms with Crippen molar-refractivity contribution in [1.82, 2.24) is 0 Å². The largest absolute Gasteiger partial charge is 0.508 e. The SMILES string of the molecule is CC(=O)OC[C@H]1OC(c2cccc(O)c2)[C@@H](OC(C)=O)[C@@H](OC(C)=O)[C@@H]1OC(C)=O. The Morgan fingerprint density at radius 2 is 1.43 bits per heavy atom. The molecule has 0 aromatic heterocycles. The summed E-state index contributed by atoms with van der Waals surface area (Å²) in [7, 11) is 0. The van der Waals surface area contributed by atoms with Gasteiger partial charge in [0.25, 0.3) is 0 Å². The highest BCUT2D eigenvalue weighted by Crippen LogP contribution is 2.38. The van der Waals surface area contributed by atoms with Gasteiger partial charge in [0.1, 0.15) is 24.6 Å². The molecule has 30 heavy (non-hydrogen) atoms. The summed E-state index contributed by atoms with van der Waals surface area (Å²) >= 11 is 0. The van der Waals surface area contributed by atoms with Crippen LogP contribution < -0.4 is 0 Å². The highest BCUT2D eigenvalue weighted by Gasteiger charge is 2.52. The average molecular weight is 424 g/mol. The van der Waals surface area contributed by atoms with Gasteiger partial charge in [-0.25, -0.2) is 0 Å². The standard InChI is InChI=1S/C20H24O10/c1-10(21)26-9-16-18(27-11(2)22)20(29-13(4)24)19(28-12(3)23)17(30-16)14-6-5-7-15(25)8-14/h5-8,16-20,25H,9H2,1-4H3/t16-,17?,18-,19-,20+/m1/s1. The second-order valence-electron chi connectivity index (χ2n) is 6.71. The Kier molecular flexibility index (Phi) is 7.76. The summed E-state index contributed by atoms with van der Waals surface area (Å²) in [5.74, 6) is -2.77. The second-order valence-corrected chi connectivity index (χ2v) is 6.71. The van der Waals surface area contributed by atoms with E-state index in [9.17, 15) is 24.3 Å². The number of hydrogen-bond donors (Lipinski definition) is 1. The summed E-state index contributed by atoms with van der Waals surface area (Å²) < 4.78 is 27.0. The van der Waals surface area contributed by atoms with Crippen LogP contribution >= 0.6 is 0 Å². The zero-order valence-electron chi connectivity index (χ0n) is 17.0. The van der Waals surface area contributed by atoms with Crippen molar-refractivity contribution in [2.45, 2.75) is 58.2 Å². The second kappa shape index (κ2) is 10.1. The highest BCUT2D eigenvalue weighted by molar-refractivity contribution is 5.68. The third kappa shape index (κ3) is 6.18. The monoisotopic (exact) mass is 424 g/mol. The van der Waals surface area contributed by atoms with Gasteiger partial charge in [-0.15, -0.1) is 0 Å². The van der Waals surface area contributed by atoms with Gasteiger partial charge < -0.3 is 28.8 Å². The van der Waals surface area contributed by atoms with Crippen LogP contribution in [0.4, 0.5) is 0 Å². The zero-order valence-corrected chi connectivity index (χ0v) is 17.0. The maximum absolute atomic E-state index is 11.8. The van der Waals surface area contributed by atoms with E-state index in [4.69, 9.17) is 23.7 Å². The van der Waals surface area contributed by atoms with Gasteiger partial charge in [-0.1, -0.05) is 12.1 Å². The first-order valence-corrected chi connectivity index (χ1v) is 9.18. The van der Waals surface area contributed by atoms with E-state index >= 15 is 0 Å². The van der Waals surface area contributed by atoms with Crippen LogP contribution in [0.1, 0.15) is 39.4 Å². The van der Waals surface area contributed by atoms with E-state index in [1.807, 2.05) is 0 Å². The number of esters is 4. The smallest absolute Gasteiger partial charge is 0.303 e. The van der Waals surface area contributed by atoms with Crippen LogP contribution in [0.15, 0.2) is 24.3 Å². The van der Waals surface area contributed by atoms with E-state index in [1.54, 1.807) is 12.1 Å². The van der Waals surface area contributed by atoms with Crippen molar-refractivity contribution < 1.29 is 48.0 Å². The van der Waals surface area contributed by atoms with Crippen molar-refractivity contribution in [2.75, 3.05) is 6.61 Å². The molecule has 1 heterocycles. The van der Waals surface area contributed by atoms with E-state index in [1.165, 1.54) is 19.1 Å². The summed E-state index contributed by atoms with van der Waals surface area (Å²) in [5, 5.41) is 9.85. The molecule has 0 bridgehead atoms. The first kappa shape index (κ1) is 23.1. The molecular formula is C20H24O10. The molecule has 5 atom stereocenters. The predicted octanol–water partition coefficient (Wildman–Crippen LogP) is 1.19. The number of rotatable bonds is 6. The molecule has 1 unspecified atom stereocenters. The molecule has 0 aliphatic carbocycles. The van der Waals surface area contributed by atoms with Gasteiger partial charge in [0, 0.05) is 27.7 Å². The van der Waals surface area contributed by atoms with Crippen LogP contribution in [0.3, 0.4) is 0 Å². The Balaban J connectivity index is 2.53. The fourth-order valence-corrected chi connectivity index (χ4v) is 3.20. The summed E-state index contributed by atoms with van der Waals surface area (Å²) in [5.41, 5.74) is 0.410. The molecule has 1 aromatic rings. The van der Waals surface area contributed by atoms with Gasteiger partial charge in [0.15, 0.2) is 18.3 Å². The molecule has 10 nitrogen and oxygen atoms in total. The van der Waals surface area contributed by atoms with Crippen LogP contribution in [0.25, 0.3) is 0 Å². The summed E-state index contributed by atoms with van der Waals surface area (Å²) in [6.45, 7) is 4.34. The average Bonchev–Trinajstić information content (AvgIpc) is 2.62. The number of phenols is 1. The summed E-state index contributed by atoms with van der Waals surface area (Å²) in [6.07, 6.45) is -5.73. The number of aromatic hydroxyl groups is 1. The molecule has 0 radical (unpaired) electrons. The minimum atomic E-state index is -1.25. The van der Waals surface area contributed by atoms with Crippen molar-refractivity contribution >= 4 is 23.9 Å². The third-order valence-electron chi connectivity index (χ3n) is 4.19. The molecule has 10 heteroatoms. The Hall–Kier alpha value is -3.14. The Morgan fingerprint density at radius 3 is 1.97 bits per heavy atom. The molecule has 1 N–H and O–H groups in total. The zero-order chi connectivity index (χ0) is 22.4. The van der Waals surface area contributed by atoms with Crippen molar-refractivity contribution in [3.8, 4) is 5.75 Å². The maximum Gasteiger partial charge on any atom is 0.303 e. The first-order chi connectivity index (χ1) is 14.1. The fraction of sp³-hybridized carbons (Fsp3) is 0.500. The molecule has 1 fully saturated rings. The lowest BCUT2D eigenvalue weighted by molar-refractivity contribution is -0.254. The topological polar surface area (TPSA) is 135 Å². The van der Waals surface area contributed by atoms with Crippen molar-refractivity contribution in [2.24, 2.45) is 0 Å². The fourth-order valence-electron chi connectivity index (χ4n) is 3.20. The third-order valence-corrected chi connectivity index (χ3v) is 4.19. The minimum Gasteiger partial charge on any atom is -0.508 e. The molecule has 1 aliphatic rings. The molecule has 1 aliphatic heterocycles. The number of phenolic OH excluding ortho intramolecular Hbond substituents is 1. The Morgan fingerprint density at radius 1 is 0.867 bits per heavy atom. The lowest BCUT2D eigenvalue weighted by Crippen LogP contribution is -2.59. The Bertz CT molecular complexity index is 805. The molecular weight excluding hydrogens is 400 g/mol. The van der Waals surface area contributed by atoms with E-state index in [0.717, 1.165) is 20.8 Å². The predicted molar refractivity (Wildman–Crippen MR) is 99.0 cm³/mol.